The molecule has 0 aliphatic carbocycles. The first-order valence-corrected chi connectivity index (χ1v) is 9.49. The molecule has 1 aromatic carbocycles. The quantitative estimate of drug-likeness (QED) is 0.845. The van der Waals surface area contributed by atoms with Crippen molar-refractivity contribution in [1.29, 1.82) is 0 Å². The number of hydrogen-bond acceptors (Lipinski definition) is 5. The summed E-state index contributed by atoms with van der Waals surface area (Å²) in [5, 5.41) is 4.28. The van der Waals surface area contributed by atoms with Gasteiger partial charge in [-0.1, -0.05) is 18.2 Å². The van der Waals surface area contributed by atoms with Crippen molar-refractivity contribution in [3.63, 3.8) is 0 Å². The zero-order chi connectivity index (χ0) is 17.1. The Morgan fingerprint density at radius 3 is 2.84 bits per heavy atom. The van der Waals surface area contributed by atoms with Crippen LogP contribution in [0, 0.1) is 0 Å². The minimum absolute atomic E-state index is 0.00505. The van der Waals surface area contributed by atoms with Crippen LogP contribution in [0.25, 0.3) is 0 Å². The largest absolute Gasteiger partial charge is 0.377 e. The Kier molecular flexibility index (Phi) is 4.85. The summed E-state index contributed by atoms with van der Waals surface area (Å²) < 4.78 is 11.9. The normalized spacial score (nSPS) is 25.3. The molecule has 0 N–H and O–H groups in total. The lowest BCUT2D eigenvalue weighted by molar-refractivity contribution is -0.146. The zero-order valence-corrected chi connectivity index (χ0v) is 14.9. The SMILES string of the molecule is O=C1COC2(COCCN(Cc3ccsc3)C2)CN1c1ccccc1. The average Bonchev–Trinajstić information content (AvgIpc) is 3.07. The van der Waals surface area contributed by atoms with Crippen LogP contribution in [0.1, 0.15) is 5.56 Å². The monoisotopic (exact) mass is 358 g/mol. The molecular weight excluding hydrogens is 336 g/mol. The van der Waals surface area contributed by atoms with Crippen LogP contribution >= 0.6 is 11.3 Å². The highest BCUT2D eigenvalue weighted by Crippen LogP contribution is 2.27. The Balaban J connectivity index is 1.53. The van der Waals surface area contributed by atoms with Crippen molar-refractivity contribution >= 4 is 22.9 Å². The number of amides is 1. The van der Waals surface area contributed by atoms with Gasteiger partial charge in [-0.3, -0.25) is 9.69 Å². The maximum absolute atomic E-state index is 12.4. The molecule has 0 radical (unpaired) electrons. The first kappa shape index (κ1) is 16.7. The molecule has 2 aliphatic rings. The van der Waals surface area contributed by atoms with Crippen molar-refractivity contribution in [2.45, 2.75) is 12.1 Å². The fraction of sp³-hybridized carbons (Fsp3) is 0.421. The maximum Gasteiger partial charge on any atom is 0.253 e. The fourth-order valence-corrected chi connectivity index (χ4v) is 4.16. The van der Waals surface area contributed by atoms with E-state index < -0.39 is 5.60 Å². The van der Waals surface area contributed by atoms with Gasteiger partial charge in [-0.05, 0) is 34.5 Å². The number of nitrogens with zero attached hydrogens (tertiary/aromatic N) is 2. The molecule has 5 nitrogen and oxygen atoms in total. The molecule has 6 heteroatoms. The Hall–Kier alpha value is -1.73. The predicted octanol–water partition coefficient (Wildman–Crippen LogP) is 2.38. The minimum atomic E-state index is -0.476. The van der Waals surface area contributed by atoms with E-state index in [1.54, 1.807) is 11.3 Å². The Morgan fingerprint density at radius 1 is 1.16 bits per heavy atom. The summed E-state index contributed by atoms with van der Waals surface area (Å²) in [6.07, 6.45) is 0. The minimum Gasteiger partial charge on any atom is -0.377 e. The van der Waals surface area contributed by atoms with Crippen LogP contribution < -0.4 is 4.90 Å². The molecule has 4 rings (SSSR count). The molecule has 0 saturated carbocycles. The number of ether oxygens (including phenoxy) is 2. The number of thiophene rings is 1. The van der Waals surface area contributed by atoms with E-state index in [4.69, 9.17) is 9.47 Å². The van der Waals surface area contributed by atoms with Gasteiger partial charge in [0.15, 0.2) is 0 Å². The summed E-state index contributed by atoms with van der Waals surface area (Å²) in [5.41, 5.74) is 1.76. The number of morpholine rings is 1. The van der Waals surface area contributed by atoms with E-state index in [9.17, 15) is 4.79 Å². The van der Waals surface area contributed by atoms with Gasteiger partial charge in [0.2, 0.25) is 0 Å². The van der Waals surface area contributed by atoms with Crippen LogP contribution in [0.5, 0.6) is 0 Å². The summed E-state index contributed by atoms with van der Waals surface area (Å²) >= 11 is 1.72. The van der Waals surface area contributed by atoms with Gasteiger partial charge < -0.3 is 14.4 Å². The highest BCUT2D eigenvalue weighted by Gasteiger charge is 2.43. The topological polar surface area (TPSA) is 42.0 Å². The lowest BCUT2D eigenvalue weighted by Crippen LogP contribution is -2.60. The Bertz CT molecular complexity index is 707. The third kappa shape index (κ3) is 3.77. The number of carbonyl (C=O) groups excluding carboxylic acids is 1. The first-order valence-electron chi connectivity index (χ1n) is 8.55. The predicted molar refractivity (Wildman–Crippen MR) is 97.9 cm³/mol. The highest BCUT2D eigenvalue weighted by atomic mass is 32.1. The summed E-state index contributed by atoms with van der Waals surface area (Å²) in [5.74, 6) is 0.00505. The van der Waals surface area contributed by atoms with Gasteiger partial charge in [-0.2, -0.15) is 11.3 Å². The van der Waals surface area contributed by atoms with E-state index in [1.807, 2.05) is 35.2 Å². The van der Waals surface area contributed by atoms with E-state index in [1.165, 1.54) is 5.56 Å². The van der Waals surface area contributed by atoms with Gasteiger partial charge in [0, 0.05) is 25.3 Å². The molecule has 2 aromatic rings. The van der Waals surface area contributed by atoms with Gasteiger partial charge in [0.1, 0.15) is 12.2 Å². The van der Waals surface area contributed by atoms with Crippen molar-refractivity contribution < 1.29 is 14.3 Å². The molecule has 2 fully saturated rings. The van der Waals surface area contributed by atoms with E-state index in [0.29, 0.717) is 19.8 Å². The molecule has 2 saturated heterocycles. The second-order valence-electron chi connectivity index (χ2n) is 6.68. The number of rotatable bonds is 3. The molecule has 1 amide bonds. The molecule has 0 bridgehead atoms. The molecule has 1 unspecified atom stereocenters. The number of benzene rings is 1. The van der Waals surface area contributed by atoms with Crippen LogP contribution in [0.3, 0.4) is 0 Å². The van der Waals surface area contributed by atoms with Crippen LogP contribution in [0.15, 0.2) is 47.2 Å². The van der Waals surface area contributed by atoms with Crippen LogP contribution in [0.4, 0.5) is 5.69 Å². The van der Waals surface area contributed by atoms with Gasteiger partial charge in [-0.25, -0.2) is 0 Å². The van der Waals surface area contributed by atoms with E-state index in [2.05, 4.69) is 21.7 Å². The van der Waals surface area contributed by atoms with Crippen molar-refractivity contribution in [3.8, 4) is 0 Å². The summed E-state index contributed by atoms with van der Waals surface area (Å²) in [6, 6.07) is 12.0. The van der Waals surface area contributed by atoms with Crippen molar-refractivity contribution in [2.24, 2.45) is 0 Å². The summed E-state index contributed by atoms with van der Waals surface area (Å²) in [6.45, 7) is 4.36. The second-order valence-corrected chi connectivity index (χ2v) is 7.46. The van der Waals surface area contributed by atoms with Crippen LogP contribution in [0.2, 0.25) is 0 Å². The van der Waals surface area contributed by atoms with Crippen LogP contribution in [-0.2, 0) is 20.8 Å². The standard InChI is InChI=1S/C19H22N2O3S/c22-18-11-24-19(14-21(18)17-4-2-1-3-5-17)13-20(7-8-23-15-19)10-16-6-9-25-12-16/h1-6,9,12H,7-8,10-11,13-15H2. The highest BCUT2D eigenvalue weighted by molar-refractivity contribution is 7.07. The average molecular weight is 358 g/mol. The molecule has 3 heterocycles. The van der Waals surface area contributed by atoms with E-state index in [0.717, 1.165) is 25.3 Å². The Labute approximate surface area is 151 Å². The molecule has 1 spiro atoms. The van der Waals surface area contributed by atoms with Gasteiger partial charge in [0.25, 0.3) is 5.91 Å². The van der Waals surface area contributed by atoms with Crippen molar-refractivity contribution in [2.75, 3.05) is 44.4 Å². The van der Waals surface area contributed by atoms with Crippen LogP contribution in [-0.4, -0.2) is 55.9 Å². The van der Waals surface area contributed by atoms with Crippen molar-refractivity contribution in [1.82, 2.24) is 4.90 Å². The third-order valence-corrected chi connectivity index (χ3v) is 5.46. The summed E-state index contributed by atoms with van der Waals surface area (Å²) in [4.78, 5) is 16.6. The Morgan fingerprint density at radius 2 is 2.04 bits per heavy atom. The van der Waals surface area contributed by atoms with Gasteiger partial charge >= 0.3 is 0 Å². The van der Waals surface area contributed by atoms with Gasteiger partial charge in [-0.15, -0.1) is 0 Å². The molecular formula is C19H22N2O3S. The lowest BCUT2D eigenvalue weighted by atomic mass is 10.0. The zero-order valence-electron chi connectivity index (χ0n) is 14.1. The van der Waals surface area contributed by atoms with E-state index >= 15 is 0 Å². The molecule has 1 aromatic heterocycles. The third-order valence-electron chi connectivity index (χ3n) is 4.73. The molecule has 132 valence electrons. The smallest absolute Gasteiger partial charge is 0.253 e. The van der Waals surface area contributed by atoms with Gasteiger partial charge in [0.05, 0.1) is 19.8 Å². The number of carbonyl (C=O) groups is 1. The first-order chi connectivity index (χ1) is 12.2. The molecule has 1 atom stereocenters. The fourth-order valence-electron chi connectivity index (χ4n) is 3.50. The van der Waals surface area contributed by atoms with E-state index in [-0.39, 0.29) is 12.5 Å². The maximum atomic E-state index is 12.4. The number of anilines is 1. The van der Waals surface area contributed by atoms with Crippen molar-refractivity contribution in [3.05, 3.63) is 52.7 Å². The summed E-state index contributed by atoms with van der Waals surface area (Å²) in [7, 11) is 0. The molecule has 25 heavy (non-hydrogen) atoms. The second kappa shape index (κ2) is 7.25. The number of hydrogen-bond donors (Lipinski definition) is 0. The molecule has 2 aliphatic heterocycles. The number of para-hydroxylation sites is 1. The lowest BCUT2D eigenvalue weighted by Gasteiger charge is -2.43.